The number of halogens is 2. The lowest BCUT2D eigenvalue weighted by atomic mass is 10.1. The molecule has 1 N–H and O–H groups in total. The molecule has 0 aliphatic carbocycles. The summed E-state index contributed by atoms with van der Waals surface area (Å²) in [7, 11) is 0. The van der Waals surface area contributed by atoms with Crippen molar-refractivity contribution in [3.63, 3.8) is 0 Å². The number of carbonyl (C=O) groups excluding carboxylic acids is 1. The first-order valence-corrected chi connectivity index (χ1v) is 11.0. The Balaban J connectivity index is 1.87. The van der Waals surface area contributed by atoms with E-state index in [9.17, 15) is 14.4 Å². The molecular weight excluding hydrogens is 487 g/mol. The van der Waals surface area contributed by atoms with Gasteiger partial charge >= 0.3 is 0 Å². The highest BCUT2D eigenvalue weighted by atomic mass is 79.9. The molecule has 0 unspecified atom stereocenters. The molecule has 0 aromatic heterocycles. The van der Waals surface area contributed by atoms with Gasteiger partial charge in [0.05, 0.1) is 6.61 Å². The van der Waals surface area contributed by atoms with Gasteiger partial charge in [-0.15, -0.1) is 0 Å². The van der Waals surface area contributed by atoms with Crippen LogP contribution in [0, 0.1) is 24.1 Å². The maximum atomic E-state index is 13.9. The maximum Gasteiger partial charge on any atom is 0.266 e. The van der Waals surface area contributed by atoms with E-state index in [1.807, 2.05) is 38.1 Å². The molecule has 33 heavy (non-hydrogen) atoms. The molecule has 0 spiro atoms. The van der Waals surface area contributed by atoms with E-state index in [0.717, 1.165) is 5.56 Å². The molecule has 0 saturated heterocycles. The molecule has 0 atom stereocenters. The van der Waals surface area contributed by atoms with Crippen molar-refractivity contribution in [3.8, 4) is 17.6 Å². The molecule has 0 saturated carbocycles. The molecule has 1 amide bonds. The second kappa shape index (κ2) is 11.3. The Morgan fingerprint density at radius 1 is 1.12 bits per heavy atom. The van der Waals surface area contributed by atoms with E-state index in [1.54, 1.807) is 36.4 Å². The summed E-state index contributed by atoms with van der Waals surface area (Å²) in [5.41, 5.74) is 2.43. The van der Waals surface area contributed by atoms with Crippen molar-refractivity contribution in [2.75, 3.05) is 11.9 Å². The number of nitrogens with zero attached hydrogens (tertiary/aromatic N) is 1. The number of para-hydroxylation sites is 1. The molecule has 7 heteroatoms. The van der Waals surface area contributed by atoms with Crippen molar-refractivity contribution >= 4 is 33.6 Å². The smallest absolute Gasteiger partial charge is 0.266 e. The Kier molecular flexibility index (Phi) is 8.22. The second-order valence-corrected chi connectivity index (χ2v) is 7.93. The van der Waals surface area contributed by atoms with Crippen molar-refractivity contribution in [2.24, 2.45) is 0 Å². The molecule has 0 heterocycles. The Morgan fingerprint density at radius 3 is 2.52 bits per heavy atom. The first kappa shape index (κ1) is 24.0. The molecule has 0 aliphatic heterocycles. The standard InChI is InChI=1S/C26H22BrFN2O3/c1-3-32-24-13-19(12-20(15-29)26(31)30-23-11-7-4-8-17(23)2)21(27)14-25(24)33-16-18-9-5-6-10-22(18)28/h4-14H,3,16H2,1-2H3,(H,30,31)/b20-12+. The summed E-state index contributed by atoms with van der Waals surface area (Å²) < 4.78 is 26.0. The molecule has 0 fully saturated rings. The topological polar surface area (TPSA) is 71.3 Å². The molecule has 0 bridgehead atoms. The third-order valence-corrected chi connectivity index (χ3v) is 5.45. The van der Waals surface area contributed by atoms with E-state index in [4.69, 9.17) is 9.47 Å². The van der Waals surface area contributed by atoms with Crippen LogP contribution in [0.25, 0.3) is 6.08 Å². The van der Waals surface area contributed by atoms with Crippen molar-refractivity contribution in [3.05, 3.63) is 93.2 Å². The van der Waals surface area contributed by atoms with Crippen LogP contribution < -0.4 is 14.8 Å². The van der Waals surface area contributed by atoms with Crippen LogP contribution in [-0.2, 0) is 11.4 Å². The molecule has 3 aromatic carbocycles. The minimum atomic E-state index is -0.517. The summed E-state index contributed by atoms with van der Waals surface area (Å²) in [5.74, 6) is -0.0455. The van der Waals surface area contributed by atoms with Crippen LogP contribution in [-0.4, -0.2) is 12.5 Å². The summed E-state index contributed by atoms with van der Waals surface area (Å²) in [6.45, 7) is 4.10. The van der Waals surface area contributed by atoms with Gasteiger partial charge < -0.3 is 14.8 Å². The van der Waals surface area contributed by atoms with E-state index >= 15 is 0 Å². The highest BCUT2D eigenvalue weighted by molar-refractivity contribution is 9.10. The zero-order chi connectivity index (χ0) is 23.8. The predicted molar refractivity (Wildman–Crippen MR) is 129 cm³/mol. The van der Waals surface area contributed by atoms with E-state index in [1.165, 1.54) is 12.1 Å². The van der Waals surface area contributed by atoms with Gasteiger partial charge in [-0.3, -0.25) is 4.79 Å². The van der Waals surface area contributed by atoms with E-state index < -0.39 is 5.91 Å². The minimum Gasteiger partial charge on any atom is -0.490 e. The van der Waals surface area contributed by atoms with E-state index in [-0.39, 0.29) is 18.0 Å². The van der Waals surface area contributed by atoms with Crippen LogP contribution in [0.2, 0.25) is 0 Å². The third kappa shape index (κ3) is 6.21. The zero-order valence-corrected chi connectivity index (χ0v) is 19.8. The fourth-order valence-electron chi connectivity index (χ4n) is 3.02. The van der Waals surface area contributed by atoms with E-state index in [0.29, 0.717) is 39.4 Å². The number of nitrogens with one attached hydrogen (secondary N) is 1. The van der Waals surface area contributed by atoms with Gasteiger partial charge in [-0.2, -0.15) is 5.26 Å². The quantitative estimate of drug-likeness (QED) is 0.281. The summed E-state index contributed by atoms with van der Waals surface area (Å²) in [5, 5.41) is 12.3. The van der Waals surface area contributed by atoms with Crippen molar-refractivity contribution in [2.45, 2.75) is 20.5 Å². The fraction of sp³-hybridized carbons (Fsp3) is 0.154. The van der Waals surface area contributed by atoms with Gasteiger partial charge in [0.1, 0.15) is 24.1 Å². The molecule has 168 valence electrons. The molecular formula is C26H22BrFN2O3. The first-order valence-electron chi connectivity index (χ1n) is 10.2. The summed E-state index contributed by atoms with van der Waals surface area (Å²) >= 11 is 3.46. The van der Waals surface area contributed by atoms with Gasteiger partial charge in [-0.05, 0) is 55.3 Å². The molecule has 0 aliphatic rings. The van der Waals surface area contributed by atoms with Crippen LogP contribution in [0.4, 0.5) is 10.1 Å². The number of carbonyl (C=O) groups is 1. The van der Waals surface area contributed by atoms with Crippen LogP contribution in [0.5, 0.6) is 11.5 Å². The van der Waals surface area contributed by atoms with Crippen LogP contribution in [0.1, 0.15) is 23.6 Å². The fourth-order valence-corrected chi connectivity index (χ4v) is 3.46. The van der Waals surface area contributed by atoms with Crippen molar-refractivity contribution in [1.82, 2.24) is 0 Å². The number of aryl methyl sites for hydroxylation is 1. The third-order valence-electron chi connectivity index (χ3n) is 4.76. The first-order chi connectivity index (χ1) is 15.9. The summed E-state index contributed by atoms with van der Waals surface area (Å²) in [6.07, 6.45) is 1.47. The van der Waals surface area contributed by atoms with Crippen LogP contribution in [0.3, 0.4) is 0 Å². The van der Waals surface area contributed by atoms with Gasteiger partial charge in [0.15, 0.2) is 11.5 Å². The van der Waals surface area contributed by atoms with Crippen LogP contribution >= 0.6 is 15.9 Å². The molecule has 0 radical (unpaired) electrons. The largest absolute Gasteiger partial charge is 0.490 e. The molecule has 3 rings (SSSR count). The number of nitriles is 1. The minimum absolute atomic E-state index is 0.0245. The summed E-state index contributed by atoms with van der Waals surface area (Å²) in [4.78, 5) is 12.7. The SMILES string of the molecule is CCOc1cc(/C=C(\C#N)C(=O)Nc2ccccc2C)c(Br)cc1OCc1ccccc1F. The van der Waals surface area contributed by atoms with Crippen molar-refractivity contribution in [1.29, 1.82) is 5.26 Å². The maximum absolute atomic E-state index is 13.9. The number of ether oxygens (including phenoxy) is 2. The van der Waals surface area contributed by atoms with Gasteiger partial charge in [0.2, 0.25) is 0 Å². The summed E-state index contributed by atoms with van der Waals surface area (Å²) in [6, 6.07) is 19.0. The number of hydrogen-bond acceptors (Lipinski definition) is 4. The number of rotatable bonds is 8. The average molecular weight is 509 g/mol. The molecule has 3 aromatic rings. The monoisotopic (exact) mass is 508 g/mol. The zero-order valence-electron chi connectivity index (χ0n) is 18.2. The highest BCUT2D eigenvalue weighted by Gasteiger charge is 2.15. The number of benzene rings is 3. The lowest BCUT2D eigenvalue weighted by molar-refractivity contribution is -0.112. The lowest BCUT2D eigenvalue weighted by Gasteiger charge is -2.14. The lowest BCUT2D eigenvalue weighted by Crippen LogP contribution is -2.14. The Labute approximate surface area is 200 Å². The Hall–Kier alpha value is -3.63. The van der Waals surface area contributed by atoms with Gasteiger partial charge in [-0.25, -0.2) is 4.39 Å². The number of amides is 1. The van der Waals surface area contributed by atoms with Crippen LogP contribution in [0.15, 0.2) is 70.7 Å². The second-order valence-electron chi connectivity index (χ2n) is 7.07. The predicted octanol–water partition coefficient (Wildman–Crippen LogP) is 6.42. The molecule has 5 nitrogen and oxygen atoms in total. The Bertz CT molecular complexity index is 1230. The average Bonchev–Trinajstić information content (AvgIpc) is 2.80. The van der Waals surface area contributed by atoms with E-state index in [2.05, 4.69) is 21.2 Å². The normalized spacial score (nSPS) is 10.9. The van der Waals surface area contributed by atoms with Gasteiger partial charge in [-0.1, -0.05) is 52.3 Å². The van der Waals surface area contributed by atoms with Gasteiger partial charge in [0, 0.05) is 15.7 Å². The van der Waals surface area contributed by atoms with Gasteiger partial charge in [0.25, 0.3) is 5.91 Å². The Morgan fingerprint density at radius 2 is 1.82 bits per heavy atom. The highest BCUT2D eigenvalue weighted by Crippen LogP contribution is 2.35. The number of anilines is 1. The van der Waals surface area contributed by atoms with Crippen molar-refractivity contribution < 1.29 is 18.7 Å². The number of hydrogen-bond donors (Lipinski definition) is 1.